The van der Waals surface area contributed by atoms with Gasteiger partial charge in [0.05, 0.1) is 28.7 Å². The average Bonchev–Trinajstić information content (AvgIpc) is 3.56. The van der Waals surface area contributed by atoms with Gasteiger partial charge in [-0.2, -0.15) is 11.3 Å². The van der Waals surface area contributed by atoms with Crippen LogP contribution in [0, 0.1) is 10.1 Å². The van der Waals surface area contributed by atoms with Crippen molar-refractivity contribution in [1.82, 2.24) is 15.1 Å². The third kappa shape index (κ3) is 5.45. The van der Waals surface area contributed by atoms with Crippen molar-refractivity contribution in [3.8, 4) is 5.75 Å². The van der Waals surface area contributed by atoms with E-state index in [-0.39, 0.29) is 36.0 Å². The van der Waals surface area contributed by atoms with Crippen LogP contribution in [0.4, 0.5) is 10.5 Å². The van der Waals surface area contributed by atoms with E-state index in [4.69, 9.17) is 21.3 Å². The highest BCUT2D eigenvalue weighted by atomic mass is 35.5. The zero-order valence-electron chi connectivity index (χ0n) is 21.2. The minimum atomic E-state index is -0.535. The number of urea groups is 1. The predicted molar refractivity (Wildman–Crippen MR) is 148 cm³/mol. The molecule has 2 aliphatic heterocycles. The van der Waals surface area contributed by atoms with Gasteiger partial charge in [-0.1, -0.05) is 23.7 Å². The number of ether oxygens (including phenoxy) is 1. The lowest BCUT2D eigenvalue weighted by Crippen LogP contribution is -2.55. The number of carbonyl (C=O) groups excluding carboxylic acids is 2. The number of nitro benzene ring substituents is 1. The molecule has 3 heterocycles. The van der Waals surface area contributed by atoms with Gasteiger partial charge in [-0.3, -0.25) is 24.8 Å². The lowest BCUT2D eigenvalue weighted by atomic mass is 9.95. The molecule has 1 saturated heterocycles. The number of carbonyl (C=O) groups is 2. The smallest absolute Gasteiger partial charge is 0.326 e. The van der Waals surface area contributed by atoms with Gasteiger partial charge >= 0.3 is 6.03 Å². The van der Waals surface area contributed by atoms with E-state index in [0.29, 0.717) is 29.5 Å². The summed E-state index contributed by atoms with van der Waals surface area (Å²) in [5, 5.41) is 18.8. The molecule has 0 radical (unpaired) electrons. The third-order valence-corrected chi connectivity index (χ3v) is 7.41. The molecule has 10 nitrogen and oxygen atoms in total. The molecule has 202 valence electrons. The van der Waals surface area contributed by atoms with Gasteiger partial charge in [-0.05, 0) is 60.0 Å². The molecule has 0 bridgehead atoms. The van der Waals surface area contributed by atoms with Crippen LogP contribution in [0.1, 0.15) is 42.6 Å². The SMILES string of the molecule is CC(C)Oc1cc([N+](=O)[O-])ccc1C1=NC(c2ccc(Cl)cc2)C(c2ccsc2)N1C(=O)N1CCNC(=O)C1. The number of rotatable bonds is 6. The van der Waals surface area contributed by atoms with Gasteiger partial charge in [0, 0.05) is 24.2 Å². The molecule has 39 heavy (non-hydrogen) atoms. The van der Waals surface area contributed by atoms with Crippen LogP contribution in [0.15, 0.2) is 64.3 Å². The summed E-state index contributed by atoms with van der Waals surface area (Å²) >= 11 is 7.67. The Morgan fingerprint density at radius 1 is 1.21 bits per heavy atom. The average molecular weight is 568 g/mol. The van der Waals surface area contributed by atoms with Gasteiger partial charge in [0.15, 0.2) is 0 Å². The molecular formula is C27H26ClN5O5S. The standard InChI is InChI=1S/C27H26ClN5O5S/c1-16(2)38-22-13-20(33(36)37)7-8-21(22)26-30-24(17-3-5-19(28)6-4-17)25(18-9-12-39-15-18)32(26)27(35)31-11-10-29-23(34)14-31/h3-9,12-13,15-16,24-25H,10-11,14H2,1-2H3,(H,29,34). The molecule has 1 fully saturated rings. The van der Waals surface area contributed by atoms with E-state index in [0.717, 1.165) is 11.1 Å². The first kappa shape index (κ1) is 26.6. The van der Waals surface area contributed by atoms with Crippen molar-refractivity contribution < 1.29 is 19.2 Å². The summed E-state index contributed by atoms with van der Waals surface area (Å²) in [7, 11) is 0. The van der Waals surface area contributed by atoms with Gasteiger partial charge in [0.2, 0.25) is 5.91 Å². The quantitative estimate of drug-likeness (QED) is 0.325. The Morgan fingerprint density at radius 3 is 2.62 bits per heavy atom. The number of nitrogens with one attached hydrogen (secondary N) is 1. The molecule has 2 aliphatic rings. The number of hydrogen-bond donors (Lipinski definition) is 1. The van der Waals surface area contributed by atoms with Crippen molar-refractivity contribution >= 4 is 46.4 Å². The maximum Gasteiger partial charge on any atom is 0.326 e. The fraction of sp³-hybridized carbons (Fsp3) is 0.296. The van der Waals surface area contributed by atoms with Crippen molar-refractivity contribution in [2.24, 2.45) is 4.99 Å². The summed E-state index contributed by atoms with van der Waals surface area (Å²) < 4.78 is 6.01. The van der Waals surface area contributed by atoms with Crippen LogP contribution < -0.4 is 10.1 Å². The highest BCUT2D eigenvalue weighted by Crippen LogP contribution is 2.46. The molecule has 5 rings (SSSR count). The normalized spacial score (nSPS) is 19.2. The van der Waals surface area contributed by atoms with Crippen LogP contribution in [-0.4, -0.2) is 58.2 Å². The summed E-state index contributed by atoms with van der Waals surface area (Å²) in [6.07, 6.45) is -0.289. The summed E-state index contributed by atoms with van der Waals surface area (Å²) in [6.45, 7) is 4.23. The molecule has 2 atom stereocenters. The van der Waals surface area contributed by atoms with Crippen molar-refractivity contribution in [1.29, 1.82) is 0 Å². The minimum absolute atomic E-state index is 0.0831. The van der Waals surface area contributed by atoms with Crippen LogP contribution in [0.25, 0.3) is 0 Å². The van der Waals surface area contributed by atoms with E-state index in [2.05, 4.69) is 5.32 Å². The Balaban J connectivity index is 1.70. The molecule has 3 amide bonds. The first-order valence-corrected chi connectivity index (χ1v) is 13.7. The predicted octanol–water partition coefficient (Wildman–Crippen LogP) is 5.19. The van der Waals surface area contributed by atoms with E-state index < -0.39 is 17.0 Å². The van der Waals surface area contributed by atoms with Crippen molar-refractivity contribution in [3.05, 3.63) is 91.1 Å². The van der Waals surface area contributed by atoms with E-state index in [1.54, 1.807) is 23.1 Å². The second-order valence-corrected chi connectivity index (χ2v) is 10.7. The van der Waals surface area contributed by atoms with Crippen molar-refractivity contribution in [2.75, 3.05) is 19.6 Å². The summed E-state index contributed by atoms with van der Waals surface area (Å²) in [5.74, 6) is 0.313. The number of benzene rings is 2. The van der Waals surface area contributed by atoms with Crippen LogP contribution in [-0.2, 0) is 4.79 Å². The number of thiophene rings is 1. The molecule has 3 aromatic rings. The zero-order valence-corrected chi connectivity index (χ0v) is 22.8. The van der Waals surface area contributed by atoms with Crippen LogP contribution in [0.3, 0.4) is 0 Å². The molecule has 0 aliphatic carbocycles. The van der Waals surface area contributed by atoms with Crippen molar-refractivity contribution in [3.63, 3.8) is 0 Å². The zero-order chi connectivity index (χ0) is 27.7. The van der Waals surface area contributed by atoms with E-state index >= 15 is 0 Å². The number of aliphatic imine (C=N–C) groups is 1. The first-order chi connectivity index (χ1) is 18.7. The number of non-ortho nitro benzene ring substituents is 1. The summed E-state index contributed by atoms with van der Waals surface area (Å²) in [6, 6.07) is 12.1. The van der Waals surface area contributed by atoms with Crippen LogP contribution in [0.2, 0.25) is 5.02 Å². The monoisotopic (exact) mass is 567 g/mol. The lowest BCUT2D eigenvalue weighted by molar-refractivity contribution is -0.384. The van der Waals surface area contributed by atoms with Gasteiger partial charge in [-0.15, -0.1) is 0 Å². The highest BCUT2D eigenvalue weighted by molar-refractivity contribution is 7.08. The Kier molecular flexibility index (Phi) is 7.53. The Labute approximate surface area is 234 Å². The molecule has 12 heteroatoms. The van der Waals surface area contributed by atoms with E-state index in [1.807, 2.05) is 42.8 Å². The van der Waals surface area contributed by atoms with Crippen LogP contribution in [0.5, 0.6) is 5.75 Å². The molecule has 0 spiro atoms. The topological polar surface area (TPSA) is 117 Å². The minimum Gasteiger partial charge on any atom is -0.490 e. The maximum absolute atomic E-state index is 14.2. The largest absolute Gasteiger partial charge is 0.490 e. The number of amidine groups is 1. The third-order valence-electron chi connectivity index (χ3n) is 6.46. The van der Waals surface area contributed by atoms with E-state index in [1.165, 1.54) is 28.4 Å². The van der Waals surface area contributed by atoms with Gasteiger partial charge in [-0.25, -0.2) is 4.79 Å². The van der Waals surface area contributed by atoms with Gasteiger partial charge < -0.3 is 15.0 Å². The Hall–Kier alpha value is -3.96. The number of nitro groups is 1. The molecule has 1 aromatic heterocycles. The second kappa shape index (κ2) is 11.0. The Bertz CT molecular complexity index is 1430. The molecule has 2 aromatic carbocycles. The Morgan fingerprint density at radius 2 is 1.97 bits per heavy atom. The summed E-state index contributed by atoms with van der Waals surface area (Å²) in [4.78, 5) is 45.6. The fourth-order valence-electron chi connectivity index (χ4n) is 4.75. The first-order valence-electron chi connectivity index (χ1n) is 12.4. The second-order valence-electron chi connectivity index (χ2n) is 9.48. The molecule has 2 unspecified atom stereocenters. The summed E-state index contributed by atoms with van der Waals surface area (Å²) in [5.41, 5.74) is 2.03. The number of halogens is 1. The van der Waals surface area contributed by atoms with Crippen molar-refractivity contribution in [2.45, 2.75) is 32.0 Å². The van der Waals surface area contributed by atoms with Gasteiger partial charge in [0.1, 0.15) is 24.2 Å². The maximum atomic E-state index is 14.2. The van der Waals surface area contributed by atoms with Crippen LogP contribution >= 0.6 is 22.9 Å². The number of nitrogens with zero attached hydrogens (tertiary/aromatic N) is 4. The van der Waals surface area contributed by atoms with Gasteiger partial charge in [0.25, 0.3) is 5.69 Å². The lowest BCUT2D eigenvalue weighted by Gasteiger charge is -2.35. The molecule has 0 saturated carbocycles. The molecule has 1 N–H and O–H groups in total. The molecular weight excluding hydrogens is 542 g/mol. The number of piperazine rings is 1. The van der Waals surface area contributed by atoms with E-state index in [9.17, 15) is 19.7 Å². The number of hydrogen-bond acceptors (Lipinski definition) is 7. The highest BCUT2D eigenvalue weighted by Gasteiger charge is 2.45. The fourth-order valence-corrected chi connectivity index (χ4v) is 5.57. The number of amides is 3.